The highest BCUT2D eigenvalue weighted by molar-refractivity contribution is 5.44. The van der Waals surface area contributed by atoms with Gasteiger partial charge in [0.05, 0.1) is 12.8 Å². The van der Waals surface area contributed by atoms with Gasteiger partial charge in [-0.2, -0.15) is 4.98 Å². The Morgan fingerprint density at radius 3 is 2.52 bits per heavy atom. The van der Waals surface area contributed by atoms with Crippen molar-refractivity contribution in [1.82, 2.24) is 15.0 Å². The van der Waals surface area contributed by atoms with Crippen LogP contribution in [0.3, 0.4) is 0 Å². The molecule has 0 saturated carbocycles. The van der Waals surface area contributed by atoms with Crippen molar-refractivity contribution >= 4 is 0 Å². The zero-order valence-electron chi connectivity index (χ0n) is 12.5. The molecule has 7 heteroatoms. The predicted molar refractivity (Wildman–Crippen MR) is 78.1 cm³/mol. The maximum Gasteiger partial charge on any atom is 0.241 e. The van der Waals surface area contributed by atoms with Gasteiger partial charge in [-0.1, -0.05) is 18.1 Å². The second-order valence-corrected chi connectivity index (χ2v) is 4.99. The molecular formula is C16H15F2N3O2. The molecule has 0 aliphatic carbocycles. The summed E-state index contributed by atoms with van der Waals surface area (Å²) in [4.78, 5) is 6.03. The Labute approximate surface area is 131 Å². The molecule has 3 rings (SSSR count). The molecule has 23 heavy (non-hydrogen) atoms. The number of benzene rings is 1. The monoisotopic (exact) mass is 319 g/mol. The molecule has 0 aliphatic heterocycles. The topological polar surface area (TPSA) is 55.3 Å². The zero-order valence-corrected chi connectivity index (χ0v) is 12.5. The molecule has 0 spiro atoms. The molecule has 120 valence electrons. The third-order valence-corrected chi connectivity index (χ3v) is 3.46. The summed E-state index contributed by atoms with van der Waals surface area (Å²) in [5.74, 6) is 0.0758. The highest BCUT2D eigenvalue weighted by Gasteiger charge is 2.17. The summed E-state index contributed by atoms with van der Waals surface area (Å²) in [5.41, 5.74) is 0.0279. The van der Waals surface area contributed by atoms with E-state index in [1.807, 2.05) is 6.92 Å². The zero-order chi connectivity index (χ0) is 16.2. The van der Waals surface area contributed by atoms with Gasteiger partial charge < -0.3 is 8.94 Å². The van der Waals surface area contributed by atoms with Gasteiger partial charge in [-0.25, -0.2) is 8.78 Å². The Kier molecular flexibility index (Phi) is 4.47. The number of nitrogens with zero attached hydrogens (tertiary/aromatic N) is 3. The first-order valence-electron chi connectivity index (χ1n) is 7.19. The number of rotatable bonds is 6. The van der Waals surface area contributed by atoms with E-state index in [9.17, 15) is 8.78 Å². The van der Waals surface area contributed by atoms with Crippen molar-refractivity contribution in [2.75, 3.05) is 6.54 Å². The van der Waals surface area contributed by atoms with E-state index < -0.39 is 11.6 Å². The summed E-state index contributed by atoms with van der Waals surface area (Å²) in [7, 11) is 0. The van der Waals surface area contributed by atoms with E-state index in [-0.39, 0.29) is 18.7 Å². The van der Waals surface area contributed by atoms with E-state index in [2.05, 4.69) is 10.1 Å². The van der Waals surface area contributed by atoms with Crippen LogP contribution in [0.2, 0.25) is 0 Å². The lowest BCUT2D eigenvalue weighted by Crippen LogP contribution is -2.23. The summed E-state index contributed by atoms with van der Waals surface area (Å²) in [5, 5.41) is 3.83. The van der Waals surface area contributed by atoms with Gasteiger partial charge >= 0.3 is 0 Å². The van der Waals surface area contributed by atoms with Gasteiger partial charge in [-0.3, -0.25) is 4.90 Å². The Balaban J connectivity index is 1.73. The molecule has 0 amide bonds. The third-order valence-electron chi connectivity index (χ3n) is 3.46. The van der Waals surface area contributed by atoms with Crippen LogP contribution in [0.15, 0.2) is 45.5 Å². The van der Waals surface area contributed by atoms with Gasteiger partial charge in [0, 0.05) is 12.1 Å². The minimum atomic E-state index is -0.565. The largest absolute Gasteiger partial charge is 0.461 e. The Morgan fingerprint density at radius 2 is 1.87 bits per heavy atom. The van der Waals surface area contributed by atoms with Gasteiger partial charge in [-0.15, -0.1) is 0 Å². The molecule has 0 aliphatic rings. The summed E-state index contributed by atoms with van der Waals surface area (Å²) in [6.07, 6.45) is 1.52. The van der Waals surface area contributed by atoms with Crippen LogP contribution in [0, 0.1) is 11.6 Å². The summed E-state index contributed by atoms with van der Waals surface area (Å²) in [6, 6.07) is 7.28. The van der Waals surface area contributed by atoms with Crippen LogP contribution in [0.1, 0.15) is 18.4 Å². The normalized spacial score (nSPS) is 11.3. The summed E-state index contributed by atoms with van der Waals surface area (Å²) in [6.45, 7) is 2.88. The van der Waals surface area contributed by atoms with Gasteiger partial charge in [0.1, 0.15) is 11.6 Å². The maximum atomic E-state index is 13.7. The number of aromatic nitrogens is 2. The van der Waals surface area contributed by atoms with Crippen LogP contribution < -0.4 is 0 Å². The molecule has 0 bridgehead atoms. The fraction of sp³-hybridized carbons (Fsp3) is 0.250. The molecule has 3 aromatic rings. The quantitative estimate of drug-likeness (QED) is 0.694. The lowest BCUT2D eigenvalue weighted by molar-refractivity contribution is 0.223. The molecule has 0 saturated heterocycles. The van der Waals surface area contributed by atoms with E-state index in [1.54, 1.807) is 17.0 Å². The lowest BCUT2D eigenvalue weighted by atomic mass is 10.2. The highest BCUT2D eigenvalue weighted by Crippen LogP contribution is 2.18. The van der Waals surface area contributed by atoms with Gasteiger partial charge in [-0.05, 0) is 30.8 Å². The van der Waals surface area contributed by atoms with E-state index in [0.717, 1.165) is 0 Å². The fourth-order valence-electron chi connectivity index (χ4n) is 2.20. The number of halogens is 2. The summed E-state index contributed by atoms with van der Waals surface area (Å²) >= 11 is 0. The number of furan rings is 1. The van der Waals surface area contributed by atoms with Crippen molar-refractivity contribution in [2.24, 2.45) is 0 Å². The molecule has 0 N–H and O–H groups in total. The van der Waals surface area contributed by atoms with Crippen LogP contribution >= 0.6 is 0 Å². The van der Waals surface area contributed by atoms with Crippen LogP contribution in [0.4, 0.5) is 8.78 Å². The van der Waals surface area contributed by atoms with Gasteiger partial charge in [0.25, 0.3) is 0 Å². The molecule has 1 aromatic carbocycles. The average Bonchev–Trinajstić information content (AvgIpc) is 3.21. The Bertz CT molecular complexity index is 751. The Morgan fingerprint density at radius 1 is 1.09 bits per heavy atom. The average molecular weight is 319 g/mol. The third kappa shape index (κ3) is 3.45. The minimum Gasteiger partial charge on any atom is -0.461 e. The van der Waals surface area contributed by atoms with Gasteiger partial charge in [0.2, 0.25) is 11.7 Å². The minimum absolute atomic E-state index is 0.0279. The fourth-order valence-corrected chi connectivity index (χ4v) is 2.20. The Hall–Kier alpha value is -2.54. The second-order valence-electron chi connectivity index (χ2n) is 4.99. The first-order valence-corrected chi connectivity index (χ1v) is 7.19. The first kappa shape index (κ1) is 15.4. The van der Waals surface area contributed by atoms with Crippen molar-refractivity contribution < 1.29 is 17.7 Å². The molecule has 2 aromatic heterocycles. The molecule has 0 unspecified atom stereocenters. The van der Waals surface area contributed by atoms with E-state index in [0.29, 0.717) is 24.0 Å². The smallest absolute Gasteiger partial charge is 0.241 e. The van der Waals surface area contributed by atoms with Crippen molar-refractivity contribution in [2.45, 2.75) is 20.0 Å². The molecule has 0 fully saturated rings. The highest BCUT2D eigenvalue weighted by atomic mass is 19.1. The van der Waals surface area contributed by atoms with Crippen LogP contribution in [-0.2, 0) is 13.1 Å². The van der Waals surface area contributed by atoms with E-state index >= 15 is 0 Å². The number of hydrogen-bond acceptors (Lipinski definition) is 5. The lowest BCUT2D eigenvalue weighted by Gasteiger charge is -2.18. The van der Waals surface area contributed by atoms with Crippen molar-refractivity contribution in [3.05, 3.63) is 59.7 Å². The molecule has 5 nitrogen and oxygen atoms in total. The van der Waals surface area contributed by atoms with Crippen molar-refractivity contribution in [1.29, 1.82) is 0 Å². The van der Waals surface area contributed by atoms with Gasteiger partial charge in [0.15, 0.2) is 5.76 Å². The van der Waals surface area contributed by atoms with E-state index in [4.69, 9.17) is 8.94 Å². The summed E-state index contributed by atoms with van der Waals surface area (Å²) < 4.78 is 37.9. The molecule has 0 radical (unpaired) electrons. The predicted octanol–water partition coefficient (Wildman–Crippen LogP) is 3.63. The van der Waals surface area contributed by atoms with E-state index in [1.165, 1.54) is 24.5 Å². The van der Waals surface area contributed by atoms with Crippen molar-refractivity contribution in [3.8, 4) is 11.6 Å². The van der Waals surface area contributed by atoms with Crippen LogP contribution in [0.5, 0.6) is 0 Å². The first-order chi connectivity index (χ1) is 11.2. The standard InChI is InChI=1S/C16H15F2N3O2/c1-2-21(9-11-12(17)5-3-6-13(11)18)10-15-19-16(20-23-15)14-7-4-8-22-14/h3-8H,2,9-10H2,1H3. The SMILES string of the molecule is CCN(Cc1nc(-c2ccco2)no1)Cc1c(F)cccc1F. The van der Waals surface area contributed by atoms with Crippen molar-refractivity contribution in [3.63, 3.8) is 0 Å². The molecule has 2 heterocycles. The molecule has 0 atom stereocenters. The maximum absolute atomic E-state index is 13.7. The second kappa shape index (κ2) is 6.70. The molecular weight excluding hydrogens is 304 g/mol. The number of hydrogen-bond donors (Lipinski definition) is 0. The van der Waals surface area contributed by atoms with Crippen LogP contribution in [0.25, 0.3) is 11.6 Å². The van der Waals surface area contributed by atoms with Crippen LogP contribution in [-0.4, -0.2) is 21.6 Å².